The van der Waals surface area contributed by atoms with Crippen LogP contribution in [0, 0.1) is 0 Å². The predicted octanol–water partition coefficient (Wildman–Crippen LogP) is 0.521. The molecule has 0 saturated carbocycles. The summed E-state index contributed by atoms with van der Waals surface area (Å²) in [6, 6.07) is 3.79. The molecule has 0 saturated heterocycles. The number of allylic oxidation sites excluding steroid dienone is 1. The molecule has 0 aliphatic carbocycles. The van der Waals surface area contributed by atoms with Gasteiger partial charge in [0.2, 0.25) is 0 Å². The Labute approximate surface area is 59.9 Å². The van der Waals surface area contributed by atoms with Crippen molar-refractivity contribution in [2.45, 2.75) is 6.92 Å². The smallest absolute Gasteiger partial charge is 0.0661 e. The number of hydrogen-bond donors (Lipinski definition) is 2. The fourth-order valence-electron chi connectivity index (χ4n) is 0.814. The van der Waals surface area contributed by atoms with Gasteiger partial charge in [-0.2, -0.15) is 0 Å². The molecule has 0 spiro atoms. The van der Waals surface area contributed by atoms with Gasteiger partial charge in [-0.3, -0.25) is 4.68 Å². The van der Waals surface area contributed by atoms with Crippen molar-refractivity contribution in [3.8, 4) is 0 Å². The zero-order valence-electron chi connectivity index (χ0n) is 5.91. The molecule has 0 fully saturated rings. The number of rotatable bonds is 1. The van der Waals surface area contributed by atoms with E-state index in [4.69, 9.17) is 11.6 Å². The maximum Gasteiger partial charge on any atom is 0.0661 e. The van der Waals surface area contributed by atoms with Gasteiger partial charge in [0.1, 0.15) is 0 Å². The molecule has 0 radical (unpaired) electrons. The zero-order chi connectivity index (χ0) is 7.56. The molecule has 0 aliphatic heterocycles. The molecule has 3 heteroatoms. The number of aromatic nitrogens is 1. The van der Waals surface area contributed by atoms with Crippen LogP contribution >= 0.6 is 0 Å². The molecule has 10 heavy (non-hydrogen) atoms. The van der Waals surface area contributed by atoms with Crippen LogP contribution in [-0.4, -0.2) is 4.68 Å². The van der Waals surface area contributed by atoms with Crippen molar-refractivity contribution in [1.29, 1.82) is 0 Å². The van der Waals surface area contributed by atoms with Crippen LogP contribution in [0.1, 0.15) is 12.6 Å². The first kappa shape index (κ1) is 6.74. The fourth-order valence-corrected chi connectivity index (χ4v) is 0.814. The van der Waals surface area contributed by atoms with E-state index < -0.39 is 0 Å². The summed E-state index contributed by atoms with van der Waals surface area (Å²) in [6.45, 7) is 1.92. The Hall–Kier alpha value is -1.38. The summed E-state index contributed by atoms with van der Waals surface area (Å²) in [5, 5.41) is 0. The third-order valence-electron chi connectivity index (χ3n) is 1.43. The summed E-state index contributed by atoms with van der Waals surface area (Å²) in [4.78, 5) is 0. The summed E-state index contributed by atoms with van der Waals surface area (Å²) in [7, 11) is 0. The highest BCUT2D eigenvalue weighted by molar-refractivity contribution is 5.60. The number of nitrogen functional groups attached to an aromatic ring is 1. The minimum atomic E-state index is 0.947. The molecule has 0 atom stereocenters. The first-order valence-corrected chi connectivity index (χ1v) is 3.07. The van der Waals surface area contributed by atoms with Gasteiger partial charge in [-0.25, -0.2) is 0 Å². The van der Waals surface area contributed by atoms with E-state index in [-0.39, 0.29) is 0 Å². The molecule has 0 unspecified atom stereocenters. The second-order valence-electron chi connectivity index (χ2n) is 2.15. The van der Waals surface area contributed by atoms with Gasteiger partial charge < -0.3 is 11.6 Å². The number of nitrogens with two attached hydrogens (primary N) is 2. The van der Waals surface area contributed by atoms with Crippen molar-refractivity contribution in [3.63, 3.8) is 0 Å². The molecule has 0 aromatic carbocycles. The maximum atomic E-state index is 5.54. The molecule has 3 nitrogen and oxygen atoms in total. The van der Waals surface area contributed by atoms with E-state index >= 15 is 0 Å². The first-order chi connectivity index (χ1) is 4.75. The normalized spacial score (nSPS) is 11.9. The van der Waals surface area contributed by atoms with Crippen LogP contribution in [0.5, 0.6) is 0 Å². The van der Waals surface area contributed by atoms with Crippen LogP contribution in [0.2, 0.25) is 0 Å². The maximum absolute atomic E-state index is 5.54. The monoisotopic (exact) mass is 137 g/mol. The van der Waals surface area contributed by atoms with Crippen LogP contribution in [0.15, 0.2) is 24.5 Å². The van der Waals surface area contributed by atoms with E-state index in [9.17, 15) is 0 Å². The Kier molecular flexibility index (Phi) is 1.67. The van der Waals surface area contributed by atoms with Gasteiger partial charge in [-0.1, -0.05) is 0 Å². The van der Waals surface area contributed by atoms with E-state index in [0.717, 1.165) is 11.3 Å². The number of hydrogen-bond acceptors (Lipinski definition) is 2. The van der Waals surface area contributed by atoms with Crippen LogP contribution in [0.4, 0.5) is 0 Å². The van der Waals surface area contributed by atoms with Crippen LogP contribution < -0.4 is 11.6 Å². The molecule has 1 heterocycles. The van der Waals surface area contributed by atoms with Crippen molar-refractivity contribution in [3.05, 3.63) is 30.2 Å². The second-order valence-corrected chi connectivity index (χ2v) is 2.15. The molecule has 0 bridgehead atoms. The summed E-state index contributed by atoms with van der Waals surface area (Å²) in [5.74, 6) is 5.54. The standard InChI is InChI=1S/C7H11N3/c1-6(5-8)7-3-2-4-10(7)9/h2-5H,8-9H2,1H3/b6-5-. The molecule has 0 aliphatic rings. The van der Waals surface area contributed by atoms with Gasteiger partial charge in [0, 0.05) is 6.20 Å². The summed E-state index contributed by atoms with van der Waals surface area (Å²) in [5.41, 5.74) is 7.23. The first-order valence-electron chi connectivity index (χ1n) is 3.07. The quantitative estimate of drug-likeness (QED) is 0.554. The summed E-state index contributed by atoms with van der Waals surface area (Å²) >= 11 is 0. The summed E-state index contributed by atoms with van der Waals surface area (Å²) < 4.78 is 1.54. The molecule has 54 valence electrons. The van der Waals surface area contributed by atoms with Gasteiger partial charge in [0.15, 0.2) is 0 Å². The molecular weight excluding hydrogens is 126 g/mol. The topological polar surface area (TPSA) is 57.0 Å². The van der Waals surface area contributed by atoms with Gasteiger partial charge in [0.05, 0.1) is 5.69 Å². The van der Waals surface area contributed by atoms with Crippen LogP contribution in [-0.2, 0) is 0 Å². The predicted molar refractivity (Wildman–Crippen MR) is 42.4 cm³/mol. The van der Waals surface area contributed by atoms with Gasteiger partial charge in [0.25, 0.3) is 0 Å². The van der Waals surface area contributed by atoms with Crippen molar-refractivity contribution in [2.75, 3.05) is 5.84 Å². The third-order valence-corrected chi connectivity index (χ3v) is 1.43. The van der Waals surface area contributed by atoms with E-state index in [2.05, 4.69) is 0 Å². The lowest BCUT2D eigenvalue weighted by molar-refractivity contribution is 0.993. The second kappa shape index (κ2) is 2.47. The summed E-state index contributed by atoms with van der Waals surface area (Å²) in [6.07, 6.45) is 3.32. The Bertz CT molecular complexity index is 247. The Morgan fingerprint density at radius 3 is 2.80 bits per heavy atom. The largest absolute Gasteiger partial charge is 0.404 e. The molecule has 0 amide bonds. The SMILES string of the molecule is C/C(=C/N)c1cccn1N. The highest BCUT2D eigenvalue weighted by Gasteiger charge is 1.96. The Morgan fingerprint density at radius 2 is 2.40 bits per heavy atom. The zero-order valence-corrected chi connectivity index (χ0v) is 5.91. The van der Waals surface area contributed by atoms with Gasteiger partial charge in [-0.05, 0) is 30.8 Å². The molecule has 1 aromatic rings. The van der Waals surface area contributed by atoms with Crippen molar-refractivity contribution in [1.82, 2.24) is 4.68 Å². The minimum Gasteiger partial charge on any atom is -0.404 e. The van der Waals surface area contributed by atoms with E-state index in [1.807, 2.05) is 19.1 Å². The van der Waals surface area contributed by atoms with Crippen molar-refractivity contribution in [2.24, 2.45) is 5.73 Å². The van der Waals surface area contributed by atoms with Crippen LogP contribution in [0.25, 0.3) is 5.57 Å². The Balaban J connectivity index is 3.05. The lowest BCUT2D eigenvalue weighted by atomic mass is 10.2. The number of nitrogens with zero attached hydrogens (tertiary/aromatic N) is 1. The van der Waals surface area contributed by atoms with Gasteiger partial charge in [-0.15, -0.1) is 0 Å². The van der Waals surface area contributed by atoms with E-state index in [1.54, 1.807) is 17.1 Å². The third kappa shape index (κ3) is 0.978. The Morgan fingerprint density at radius 1 is 1.70 bits per heavy atom. The molecule has 4 N–H and O–H groups in total. The lowest BCUT2D eigenvalue weighted by Crippen LogP contribution is -2.09. The van der Waals surface area contributed by atoms with Gasteiger partial charge >= 0.3 is 0 Å². The molecule has 1 rings (SSSR count). The molecular formula is C7H11N3. The lowest BCUT2D eigenvalue weighted by Gasteiger charge is -2.00. The van der Waals surface area contributed by atoms with Crippen LogP contribution in [0.3, 0.4) is 0 Å². The average Bonchev–Trinajstić information content (AvgIpc) is 2.34. The average molecular weight is 137 g/mol. The van der Waals surface area contributed by atoms with Crippen molar-refractivity contribution >= 4 is 5.57 Å². The highest BCUT2D eigenvalue weighted by Crippen LogP contribution is 2.09. The molecule has 1 aromatic heterocycles. The van der Waals surface area contributed by atoms with Crippen molar-refractivity contribution < 1.29 is 0 Å². The van der Waals surface area contributed by atoms with E-state index in [1.165, 1.54) is 0 Å². The fraction of sp³-hybridized carbons (Fsp3) is 0.143. The van der Waals surface area contributed by atoms with E-state index in [0.29, 0.717) is 0 Å². The minimum absolute atomic E-state index is 0.947. The highest BCUT2D eigenvalue weighted by atomic mass is 15.3.